The van der Waals surface area contributed by atoms with Crippen molar-refractivity contribution >= 4 is 11.6 Å². The highest BCUT2D eigenvalue weighted by atomic mass is 35.5. The Morgan fingerprint density at radius 2 is 2.14 bits per heavy atom. The van der Waals surface area contributed by atoms with Gasteiger partial charge in [-0.15, -0.1) is 0 Å². The van der Waals surface area contributed by atoms with Gasteiger partial charge in [0.15, 0.2) is 0 Å². The van der Waals surface area contributed by atoms with Crippen molar-refractivity contribution in [2.45, 2.75) is 49.8 Å². The molecule has 144 valence electrons. The lowest BCUT2D eigenvalue weighted by atomic mass is 9.85. The summed E-state index contributed by atoms with van der Waals surface area (Å²) < 4.78 is 6.50. The molecule has 1 aliphatic carbocycles. The number of aromatic nitrogens is 4. The third-order valence-electron chi connectivity index (χ3n) is 5.86. The third-order valence-corrected chi connectivity index (χ3v) is 6.09. The van der Waals surface area contributed by atoms with E-state index in [0.29, 0.717) is 5.02 Å². The normalized spacial score (nSPS) is 21.2. The smallest absolute Gasteiger partial charge is 0.146 e. The summed E-state index contributed by atoms with van der Waals surface area (Å²) in [5.74, 6) is 1.70. The van der Waals surface area contributed by atoms with Gasteiger partial charge in [0.25, 0.3) is 0 Å². The highest BCUT2D eigenvalue weighted by Crippen LogP contribution is 2.48. The number of aromatic amines is 1. The van der Waals surface area contributed by atoms with Gasteiger partial charge in [0.05, 0.1) is 6.04 Å². The lowest BCUT2D eigenvalue weighted by Gasteiger charge is -2.41. The van der Waals surface area contributed by atoms with Crippen LogP contribution in [-0.4, -0.2) is 25.8 Å². The Balaban J connectivity index is 1.54. The monoisotopic (exact) mass is 395 g/mol. The van der Waals surface area contributed by atoms with Gasteiger partial charge in [0.1, 0.15) is 23.5 Å². The van der Waals surface area contributed by atoms with Gasteiger partial charge in [-0.3, -0.25) is 15.4 Å². The van der Waals surface area contributed by atoms with Crippen molar-refractivity contribution in [1.29, 1.82) is 0 Å². The molecule has 0 amide bonds. The van der Waals surface area contributed by atoms with E-state index >= 15 is 0 Å². The molecule has 1 unspecified atom stereocenters. The summed E-state index contributed by atoms with van der Waals surface area (Å²) in [6.07, 6.45) is 10.7. The van der Waals surface area contributed by atoms with Crippen LogP contribution < -0.4 is 10.1 Å². The minimum Gasteiger partial charge on any atom is -0.487 e. The molecule has 0 bridgehead atoms. The predicted molar refractivity (Wildman–Crippen MR) is 106 cm³/mol. The van der Waals surface area contributed by atoms with Crippen molar-refractivity contribution in [3.05, 3.63) is 71.0 Å². The maximum absolute atomic E-state index is 6.50. The van der Waals surface area contributed by atoms with Crippen molar-refractivity contribution in [2.24, 2.45) is 0 Å². The van der Waals surface area contributed by atoms with E-state index in [2.05, 4.69) is 31.5 Å². The van der Waals surface area contributed by atoms with Crippen LogP contribution in [0.15, 0.2) is 49.1 Å². The number of rotatable bonds is 4. The number of ether oxygens (including phenoxy) is 1. The number of pyridine rings is 1. The number of H-pyrrole nitrogens is 1. The largest absolute Gasteiger partial charge is 0.487 e. The van der Waals surface area contributed by atoms with Gasteiger partial charge in [-0.05, 0) is 55.5 Å². The van der Waals surface area contributed by atoms with Crippen LogP contribution in [0.1, 0.15) is 61.1 Å². The summed E-state index contributed by atoms with van der Waals surface area (Å²) in [4.78, 5) is 8.70. The van der Waals surface area contributed by atoms with E-state index in [4.69, 9.17) is 16.3 Å². The number of halogens is 1. The Morgan fingerprint density at radius 3 is 2.89 bits per heavy atom. The average Bonchev–Trinajstić information content (AvgIpc) is 3.40. The molecule has 3 aromatic rings. The highest BCUT2D eigenvalue weighted by Gasteiger charge is 2.43. The van der Waals surface area contributed by atoms with E-state index in [9.17, 15) is 0 Å². The van der Waals surface area contributed by atoms with Crippen LogP contribution in [0.5, 0.6) is 5.75 Å². The predicted octanol–water partition coefficient (Wildman–Crippen LogP) is 4.37. The Labute approximate surface area is 168 Å². The lowest BCUT2D eigenvalue weighted by molar-refractivity contribution is 0.0353. The number of hydrogen-bond donors (Lipinski definition) is 2. The molecule has 5 rings (SSSR count). The minimum absolute atomic E-state index is 0.0934. The second kappa shape index (κ2) is 7.18. The second-order valence-corrected chi connectivity index (χ2v) is 8.12. The van der Waals surface area contributed by atoms with E-state index < -0.39 is 0 Å². The topological polar surface area (TPSA) is 75.7 Å². The van der Waals surface area contributed by atoms with E-state index in [1.165, 1.54) is 19.2 Å². The zero-order chi connectivity index (χ0) is 19.0. The Hall–Kier alpha value is -2.44. The average molecular weight is 396 g/mol. The summed E-state index contributed by atoms with van der Waals surface area (Å²) in [5, 5.41) is 11.6. The van der Waals surface area contributed by atoms with E-state index in [1.54, 1.807) is 6.20 Å². The van der Waals surface area contributed by atoms with Crippen LogP contribution in [0.25, 0.3) is 0 Å². The Kier molecular flexibility index (Phi) is 4.53. The fourth-order valence-electron chi connectivity index (χ4n) is 4.55. The first-order chi connectivity index (χ1) is 13.7. The Bertz CT molecular complexity index is 941. The molecule has 6 nitrogen and oxygen atoms in total. The SMILES string of the molecule is Clc1ccc2c(c1)[C@@H](NC(c1cccnc1)c1ncn[nH]1)CC1(CCCC1)O2. The van der Waals surface area contributed by atoms with E-state index in [0.717, 1.165) is 42.0 Å². The van der Waals surface area contributed by atoms with Gasteiger partial charge >= 0.3 is 0 Å². The van der Waals surface area contributed by atoms with Gasteiger partial charge in [-0.25, -0.2) is 4.98 Å². The summed E-state index contributed by atoms with van der Waals surface area (Å²) in [6, 6.07) is 9.85. The van der Waals surface area contributed by atoms with Crippen molar-refractivity contribution in [3.63, 3.8) is 0 Å². The number of nitrogens with zero attached hydrogens (tertiary/aromatic N) is 3. The zero-order valence-corrected chi connectivity index (χ0v) is 16.2. The standard InChI is InChI=1S/C21H22ClN5O/c22-15-5-6-18-16(10-15)17(11-21(28-18)7-1-2-8-21)26-19(20-24-13-25-27-20)14-4-3-9-23-12-14/h3-6,9-10,12-13,17,19,26H,1-2,7-8,11H2,(H,24,25,27)/t17-,19?/m0/s1. The summed E-state index contributed by atoms with van der Waals surface area (Å²) >= 11 is 6.32. The summed E-state index contributed by atoms with van der Waals surface area (Å²) in [6.45, 7) is 0. The molecule has 2 aromatic heterocycles. The Morgan fingerprint density at radius 1 is 1.25 bits per heavy atom. The first-order valence-corrected chi connectivity index (χ1v) is 10.1. The fraction of sp³-hybridized carbons (Fsp3) is 0.381. The van der Waals surface area contributed by atoms with Crippen LogP contribution in [0.2, 0.25) is 5.02 Å². The molecular formula is C21H22ClN5O. The molecule has 2 N–H and O–H groups in total. The first kappa shape index (κ1) is 17.6. The van der Waals surface area contributed by atoms with Gasteiger partial charge in [0.2, 0.25) is 0 Å². The van der Waals surface area contributed by atoms with Crippen molar-refractivity contribution in [1.82, 2.24) is 25.5 Å². The molecule has 2 atom stereocenters. The molecule has 2 aliphatic rings. The van der Waals surface area contributed by atoms with Gasteiger partial charge < -0.3 is 4.74 Å². The molecule has 1 saturated carbocycles. The zero-order valence-electron chi connectivity index (χ0n) is 15.4. The first-order valence-electron chi connectivity index (χ1n) is 9.72. The molecule has 28 heavy (non-hydrogen) atoms. The molecule has 1 aromatic carbocycles. The molecule has 1 fully saturated rings. The maximum atomic E-state index is 6.50. The van der Waals surface area contributed by atoms with Gasteiger partial charge in [-0.1, -0.05) is 17.7 Å². The van der Waals surface area contributed by atoms with Gasteiger partial charge in [-0.2, -0.15) is 5.10 Å². The fourth-order valence-corrected chi connectivity index (χ4v) is 4.73. The second-order valence-electron chi connectivity index (χ2n) is 7.69. The lowest BCUT2D eigenvalue weighted by Crippen LogP contribution is -2.43. The number of nitrogens with one attached hydrogen (secondary N) is 2. The van der Waals surface area contributed by atoms with Crippen molar-refractivity contribution in [2.75, 3.05) is 0 Å². The van der Waals surface area contributed by atoms with Crippen LogP contribution in [0.3, 0.4) is 0 Å². The summed E-state index contributed by atoms with van der Waals surface area (Å²) in [5.41, 5.74) is 2.03. The molecule has 0 saturated heterocycles. The highest BCUT2D eigenvalue weighted by molar-refractivity contribution is 6.30. The number of benzene rings is 1. The van der Waals surface area contributed by atoms with Crippen LogP contribution in [0, 0.1) is 0 Å². The molecule has 1 aliphatic heterocycles. The van der Waals surface area contributed by atoms with Crippen LogP contribution in [-0.2, 0) is 0 Å². The molecule has 7 heteroatoms. The van der Waals surface area contributed by atoms with E-state index in [-0.39, 0.29) is 17.7 Å². The molecule has 0 radical (unpaired) electrons. The van der Waals surface area contributed by atoms with E-state index in [1.807, 2.05) is 30.5 Å². The summed E-state index contributed by atoms with van der Waals surface area (Å²) in [7, 11) is 0. The quantitative estimate of drug-likeness (QED) is 0.686. The van der Waals surface area contributed by atoms with Crippen molar-refractivity contribution in [3.8, 4) is 5.75 Å². The van der Waals surface area contributed by atoms with Crippen molar-refractivity contribution < 1.29 is 4.74 Å². The number of fused-ring (bicyclic) bond motifs is 1. The molecule has 1 spiro atoms. The van der Waals surface area contributed by atoms with Crippen LogP contribution >= 0.6 is 11.6 Å². The third kappa shape index (κ3) is 3.27. The van der Waals surface area contributed by atoms with Crippen LogP contribution in [0.4, 0.5) is 0 Å². The minimum atomic E-state index is -0.149. The van der Waals surface area contributed by atoms with Gasteiger partial charge in [0, 0.05) is 35.4 Å². The molecule has 3 heterocycles. The number of hydrogen-bond acceptors (Lipinski definition) is 5. The molecular weight excluding hydrogens is 374 g/mol. The maximum Gasteiger partial charge on any atom is 0.146 e.